The highest BCUT2D eigenvalue weighted by atomic mass is 15.2. The number of anilines is 6. The maximum Gasteiger partial charge on any atom is 0.252 e. The lowest BCUT2D eigenvalue weighted by Crippen LogP contribution is -2.61. The van der Waals surface area contributed by atoms with Crippen molar-refractivity contribution in [1.29, 1.82) is 0 Å². The van der Waals surface area contributed by atoms with Crippen LogP contribution < -0.4 is 26.2 Å². The third-order valence-corrected chi connectivity index (χ3v) is 18.6. The topological polar surface area (TPSA) is 11.4 Å². The molecule has 0 N–H and O–H groups in total. The summed E-state index contributed by atoms with van der Waals surface area (Å²) in [6.07, 6.45) is 0. The number of hydrogen-bond acceptors (Lipinski definition) is 2. The Morgan fingerprint density at radius 3 is 1.19 bits per heavy atom. The van der Waals surface area contributed by atoms with Gasteiger partial charge in [0.1, 0.15) is 0 Å². The van der Waals surface area contributed by atoms with Crippen LogP contribution in [0.2, 0.25) is 0 Å². The summed E-state index contributed by atoms with van der Waals surface area (Å²) >= 11 is 0. The van der Waals surface area contributed by atoms with Gasteiger partial charge in [0, 0.05) is 61.4 Å². The van der Waals surface area contributed by atoms with Crippen molar-refractivity contribution < 1.29 is 0 Å². The minimum absolute atomic E-state index is 0.121. The van der Waals surface area contributed by atoms with Crippen LogP contribution in [0.3, 0.4) is 0 Å². The van der Waals surface area contributed by atoms with Crippen LogP contribution >= 0.6 is 0 Å². The van der Waals surface area contributed by atoms with E-state index in [-0.39, 0.29) is 28.4 Å². The molecule has 0 saturated carbocycles. The van der Waals surface area contributed by atoms with Gasteiger partial charge >= 0.3 is 0 Å². The van der Waals surface area contributed by atoms with Crippen molar-refractivity contribution in [3.05, 3.63) is 241 Å². The number of nitrogens with zero attached hydrogens (tertiary/aromatic N) is 3. The van der Waals surface area contributed by atoms with E-state index in [1.165, 1.54) is 149 Å². The number of benzene rings is 12. The predicted molar refractivity (Wildman–Crippen MR) is 365 cm³/mol. The Hall–Kier alpha value is -8.86. The number of para-hydroxylation sites is 2. The second-order valence-corrected chi connectivity index (χ2v) is 28.3. The van der Waals surface area contributed by atoms with Gasteiger partial charge in [0.2, 0.25) is 0 Å². The third kappa shape index (κ3) is 8.15. The quantitative estimate of drug-likeness (QED) is 0.129. The monoisotopic (exact) mass is 1090 g/mol. The van der Waals surface area contributed by atoms with Gasteiger partial charge in [-0.05, 0) is 189 Å². The highest BCUT2D eigenvalue weighted by Gasteiger charge is 2.46. The zero-order valence-corrected chi connectivity index (χ0v) is 50.7. The summed E-state index contributed by atoms with van der Waals surface area (Å²) in [5, 5.41) is 12.4. The van der Waals surface area contributed by atoms with E-state index in [0.29, 0.717) is 0 Å². The molecule has 0 amide bonds. The second-order valence-electron chi connectivity index (χ2n) is 28.3. The molecule has 0 spiro atoms. The molecule has 12 aromatic carbocycles. The minimum atomic E-state index is -0.125. The molecule has 1 aromatic heterocycles. The standard InChI is InChI=1S/C80H72BN3/c1-77(2,3)56-43-57(78(4,5)6)46-61(45-56)83-71-41-55(63-30-22-32-70-73(63)64-29-20-21-31-69(64)82(70)60-27-14-13-15-28-60)42-72-74(71)81(67-35-33-53-37-49-23-16-18-25-51(49)39-65(53)75(67)83)68-36-34-54-38-50-24-17-19-26-52(50)40-66(54)76(68)84(72)62-47-58(79(7,8)9)44-59(48-62)80(10,11)12/h13-48H,1-12H3. The molecule has 3 heterocycles. The van der Waals surface area contributed by atoms with Gasteiger partial charge in [-0.15, -0.1) is 0 Å². The fraction of sp³-hybridized carbons (Fsp3) is 0.200. The number of aromatic nitrogens is 1. The van der Waals surface area contributed by atoms with Gasteiger partial charge < -0.3 is 14.4 Å². The Morgan fingerprint density at radius 1 is 0.310 bits per heavy atom. The molecule has 13 aromatic rings. The number of rotatable bonds is 4. The zero-order valence-electron chi connectivity index (χ0n) is 50.7. The lowest BCUT2D eigenvalue weighted by atomic mass is 9.33. The SMILES string of the molecule is CC(C)(C)c1cc(N2c3cc(-c4cccc5c4c4ccccc4n5-c4ccccc4)cc4c3B(c3ccc5cc6ccccc6cc5c32)c2ccc3cc5ccccc5cc3c2N4c2cc(C(C)(C)C)cc(C(C)(C)C)c2)cc(C(C)(C)C)c1. The van der Waals surface area contributed by atoms with Gasteiger partial charge in [0.25, 0.3) is 6.71 Å². The Kier molecular flexibility index (Phi) is 11.3. The lowest BCUT2D eigenvalue weighted by Gasteiger charge is -2.46. The fourth-order valence-corrected chi connectivity index (χ4v) is 14.0. The first-order valence-electron chi connectivity index (χ1n) is 30.3. The van der Waals surface area contributed by atoms with Gasteiger partial charge in [-0.2, -0.15) is 0 Å². The fourth-order valence-electron chi connectivity index (χ4n) is 14.0. The summed E-state index contributed by atoms with van der Waals surface area (Å²) in [6, 6.07) is 84.5. The van der Waals surface area contributed by atoms with Crippen molar-refractivity contribution in [2.75, 3.05) is 9.80 Å². The second kappa shape index (κ2) is 18.3. The van der Waals surface area contributed by atoms with E-state index in [1.54, 1.807) is 0 Å². The minimum Gasteiger partial charge on any atom is -0.311 e. The summed E-state index contributed by atoms with van der Waals surface area (Å²) in [4.78, 5) is 5.43. The van der Waals surface area contributed by atoms with Crippen molar-refractivity contribution in [1.82, 2.24) is 4.57 Å². The summed E-state index contributed by atoms with van der Waals surface area (Å²) in [6.45, 7) is 28.3. The van der Waals surface area contributed by atoms with E-state index >= 15 is 0 Å². The van der Waals surface area contributed by atoms with E-state index in [0.717, 1.165) is 5.69 Å². The van der Waals surface area contributed by atoms with Gasteiger partial charge in [0.15, 0.2) is 0 Å². The van der Waals surface area contributed by atoms with Crippen LogP contribution in [0.1, 0.15) is 105 Å². The van der Waals surface area contributed by atoms with Crippen LogP contribution in [-0.4, -0.2) is 11.3 Å². The van der Waals surface area contributed by atoms with Gasteiger partial charge in [0.05, 0.1) is 11.0 Å². The first-order valence-corrected chi connectivity index (χ1v) is 30.3. The molecule has 0 unspecified atom stereocenters. The van der Waals surface area contributed by atoms with E-state index in [9.17, 15) is 0 Å². The van der Waals surface area contributed by atoms with Crippen molar-refractivity contribution in [3.63, 3.8) is 0 Å². The third-order valence-electron chi connectivity index (χ3n) is 18.6. The van der Waals surface area contributed by atoms with E-state index in [4.69, 9.17) is 0 Å². The molecular formula is C80H72BN3. The molecule has 2 aliphatic rings. The van der Waals surface area contributed by atoms with Gasteiger partial charge in [-0.25, -0.2) is 0 Å². The summed E-state index contributed by atoms with van der Waals surface area (Å²) in [5.74, 6) is 0. The number of hydrogen-bond donors (Lipinski definition) is 0. The van der Waals surface area contributed by atoms with Gasteiger partial charge in [-0.3, -0.25) is 0 Å². The van der Waals surface area contributed by atoms with Gasteiger partial charge in [-0.1, -0.05) is 217 Å². The molecule has 410 valence electrons. The van der Waals surface area contributed by atoms with Crippen molar-refractivity contribution in [3.8, 4) is 16.8 Å². The van der Waals surface area contributed by atoms with Crippen molar-refractivity contribution in [2.24, 2.45) is 0 Å². The van der Waals surface area contributed by atoms with Crippen LogP contribution in [0.5, 0.6) is 0 Å². The molecule has 0 radical (unpaired) electrons. The molecule has 0 saturated heterocycles. The molecule has 4 heteroatoms. The van der Waals surface area contributed by atoms with E-state index in [2.05, 4.69) is 316 Å². The largest absolute Gasteiger partial charge is 0.311 e. The van der Waals surface area contributed by atoms with Crippen molar-refractivity contribution in [2.45, 2.75) is 105 Å². The highest BCUT2D eigenvalue weighted by molar-refractivity contribution is 7.00. The molecular weight excluding hydrogens is 1010 g/mol. The summed E-state index contributed by atoms with van der Waals surface area (Å²) in [5.41, 5.74) is 21.9. The summed E-state index contributed by atoms with van der Waals surface area (Å²) < 4.78 is 2.46. The highest BCUT2D eigenvalue weighted by Crippen LogP contribution is 2.52. The van der Waals surface area contributed by atoms with Crippen LogP contribution in [0.4, 0.5) is 34.1 Å². The first kappa shape index (κ1) is 52.0. The van der Waals surface area contributed by atoms with Crippen LogP contribution in [-0.2, 0) is 21.7 Å². The maximum absolute atomic E-state index is 2.72. The van der Waals surface area contributed by atoms with E-state index in [1.807, 2.05) is 0 Å². The molecule has 15 rings (SSSR count). The molecule has 0 aliphatic carbocycles. The molecule has 2 aliphatic heterocycles. The van der Waals surface area contributed by atoms with Crippen molar-refractivity contribution >= 4 is 122 Å². The first-order chi connectivity index (χ1) is 40.2. The zero-order chi connectivity index (χ0) is 57.9. The Morgan fingerprint density at radius 2 is 0.726 bits per heavy atom. The van der Waals surface area contributed by atoms with E-state index < -0.39 is 0 Å². The molecule has 84 heavy (non-hydrogen) atoms. The predicted octanol–water partition coefficient (Wildman–Crippen LogP) is 20.3. The van der Waals surface area contributed by atoms with Crippen LogP contribution in [0.25, 0.3) is 81.7 Å². The lowest BCUT2D eigenvalue weighted by molar-refractivity contribution is 0.568. The number of fused-ring (bicyclic) bond motifs is 13. The molecule has 0 atom stereocenters. The van der Waals surface area contributed by atoms with Crippen LogP contribution in [0, 0.1) is 0 Å². The average molecular weight is 1090 g/mol. The maximum atomic E-state index is 2.72. The average Bonchev–Trinajstić information content (AvgIpc) is 0.874. The normalized spacial score (nSPS) is 13.6. The Labute approximate surface area is 495 Å². The van der Waals surface area contributed by atoms with Crippen LogP contribution in [0.15, 0.2) is 218 Å². The molecule has 0 bridgehead atoms. The molecule has 3 nitrogen and oxygen atoms in total. The smallest absolute Gasteiger partial charge is 0.252 e. The summed E-state index contributed by atoms with van der Waals surface area (Å²) in [7, 11) is 0. The Bertz CT molecular complexity index is 4600. The molecule has 0 fully saturated rings. The Balaban J connectivity index is 1.16.